The Morgan fingerprint density at radius 1 is 1.19 bits per heavy atom. The molecule has 1 N–H and O–H groups in total. The molecule has 0 aliphatic heterocycles. The number of carbonyl (C=O) groups excluding carboxylic acids is 2. The molecule has 31 heavy (non-hydrogen) atoms. The number of aryl methyl sites for hydroxylation is 1. The van der Waals surface area contributed by atoms with Gasteiger partial charge in [-0.25, -0.2) is 4.39 Å². The molecule has 0 radical (unpaired) electrons. The Kier molecular flexibility index (Phi) is 6.11. The van der Waals surface area contributed by atoms with Gasteiger partial charge in [-0.1, -0.05) is 25.0 Å². The van der Waals surface area contributed by atoms with E-state index in [2.05, 4.69) is 10.3 Å². The van der Waals surface area contributed by atoms with E-state index in [1.165, 1.54) is 23.3 Å². The third kappa shape index (κ3) is 4.50. The summed E-state index contributed by atoms with van der Waals surface area (Å²) in [5.74, 6) is -1.27. The van der Waals surface area contributed by atoms with E-state index in [0.29, 0.717) is 11.1 Å². The quantitative estimate of drug-likeness (QED) is 0.633. The number of rotatable bonds is 6. The van der Waals surface area contributed by atoms with Gasteiger partial charge in [-0.05, 0) is 55.7 Å². The average molecular weight is 421 g/mol. The number of anilines is 1. The molecule has 1 atom stereocenters. The number of hydrogen-bond acceptors (Lipinski definition) is 4. The van der Waals surface area contributed by atoms with E-state index in [0.717, 1.165) is 25.7 Å². The molecule has 3 aromatic rings. The zero-order chi connectivity index (χ0) is 21.8. The molecular weight excluding hydrogens is 397 g/mol. The van der Waals surface area contributed by atoms with E-state index in [9.17, 15) is 14.0 Å². The lowest BCUT2D eigenvalue weighted by atomic mass is 10.0. The minimum atomic E-state index is -1.03. The van der Waals surface area contributed by atoms with Crippen LogP contribution in [-0.4, -0.2) is 22.8 Å². The van der Waals surface area contributed by atoms with E-state index >= 15 is 0 Å². The summed E-state index contributed by atoms with van der Waals surface area (Å²) in [4.78, 5) is 32.4. The molecular formula is C24H24FN3O3. The Hall–Kier alpha value is -3.48. The fraction of sp³-hybridized carbons (Fsp3) is 0.292. The number of nitrogens with zero attached hydrogens (tertiary/aromatic N) is 2. The van der Waals surface area contributed by atoms with Gasteiger partial charge in [0, 0.05) is 29.7 Å². The lowest BCUT2D eigenvalue weighted by Crippen LogP contribution is -2.46. The molecule has 0 saturated heterocycles. The molecule has 1 aromatic carbocycles. The first-order valence-electron chi connectivity index (χ1n) is 10.4. The fourth-order valence-corrected chi connectivity index (χ4v) is 3.94. The molecule has 2 heterocycles. The lowest BCUT2D eigenvalue weighted by molar-refractivity contribution is -0.123. The highest BCUT2D eigenvalue weighted by atomic mass is 19.1. The molecule has 1 unspecified atom stereocenters. The summed E-state index contributed by atoms with van der Waals surface area (Å²) >= 11 is 0. The standard InChI is InChI=1S/C24H24FN3O3/c1-16-10-11-19(14-20(16)25)28(24(30)21-9-5-13-31-21)22(17-6-4-12-26-15-17)23(29)27-18-7-2-3-8-18/h4-6,9-15,18,22H,2-3,7-8H2,1H3,(H,27,29). The van der Waals surface area contributed by atoms with Gasteiger partial charge in [-0.2, -0.15) is 0 Å². The van der Waals surface area contributed by atoms with Crippen LogP contribution in [0.15, 0.2) is 65.5 Å². The maximum atomic E-state index is 14.5. The van der Waals surface area contributed by atoms with Gasteiger partial charge in [0.05, 0.1) is 6.26 Å². The first-order chi connectivity index (χ1) is 15.0. The normalized spacial score (nSPS) is 14.9. The van der Waals surface area contributed by atoms with Crippen LogP contribution < -0.4 is 10.2 Å². The number of hydrogen-bond donors (Lipinski definition) is 1. The summed E-state index contributed by atoms with van der Waals surface area (Å²) in [6.07, 6.45) is 8.44. The molecule has 2 amide bonds. The Morgan fingerprint density at radius 2 is 2.00 bits per heavy atom. The van der Waals surface area contributed by atoms with Gasteiger partial charge >= 0.3 is 0 Å². The van der Waals surface area contributed by atoms with Crippen LogP contribution in [0.25, 0.3) is 0 Å². The summed E-state index contributed by atoms with van der Waals surface area (Å²) in [5, 5.41) is 3.07. The third-order valence-electron chi connectivity index (χ3n) is 5.59. The maximum absolute atomic E-state index is 14.5. The molecule has 1 saturated carbocycles. The van der Waals surface area contributed by atoms with Gasteiger partial charge in [0.15, 0.2) is 5.76 Å². The highest BCUT2D eigenvalue weighted by Gasteiger charge is 2.36. The third-order valence-corrected chi connectivity index (χ3v) is 5.59. The Labute approximate surface area is 180 Å². The summed E-state index contributed by atoms with van der Waals surface area (Å²) in [6.45, 7) is 1.64. The van der Waals surface area contributed by atoms with E-state index in [4.69, 9.17) is 4.42 Å². The molecule has 2 aromatic heterocycles. The lowest BCUT2D eigenvalue weighted by Gasteiger charge is -2.31. The average Bonchev–Trinajstić information content (AvgIpc) is 3.48. The minimum Gasteiger partial charge on any atom is -0.459 e. The number of halogens is 1. The number of pyridine rings is 1. The Bertz CT molecular complexity index is 1050. The van der Waals surface area contributed by atoms with Crippen molar-refractivity contribution in [1.82, 2.24) is 10.3 Å². The van der Waals surface area contributed by atoms with Crippen LogP contribution in [0.2, 0.25) is 0 Å². The van der Waals surface area contributed by atoms with Crippen molar-refractivity contribution in [2.45, 2.75) is 44.7 Å². The van der Waals surface area contributed by atoms with Crippen LogP contribution in [0.3, 0.4) is 0 Å². The van der Waals surface area contributed by atoms with E-state index in [1.807, 2.05) is 0 Å². The number of aromatic nitrogens is 1. The van der Waals surface area contributed by atoms with Gasteiger partial charge in [0.25, 0.3) is 5.91 Å². The van der Waals surface area contributed by atoms with Crippen molar-refractivity contribution in [3.63, 3.8) is 0 Å². The monoisotopic (exact) mass is 421 g/mol. The van der Waals surface area contributed by atoms with Gasteiger partial charge in [-0.3, -0.25) is 19.5 Å². The number of nitrogens with one attached hydrogen (secondary N) is 1. The molecule has 1 aliphatic carbocycles. The maximum Gasteiger partial charge on any atom is 0.294 e. The van der Waals surface area contributed by atoms with Gasteiger partial charge in [0.2, 0.25) is 5.91 Å². The topological polar surface area (TPSA) is 75.4 Å². The molecule has 1 aliphatic rings. The predicted molar refractivity (Wildman–Crippen MR) is 114 cm³/mol. The van der Waals surface area contributed by atoms with Gasteiger partial charge < -0.3 is 9.73 Å². The van der Waals surface area contributed by atoms with Crippen molar-refractivity contribution < 1.29 is 18.4 Å². The van der Waals surface area contributed by atoms with Crippen LogP contribution in [0.1, 0.15) is 53.4 Å². The second kappa shape index (κ2) is 9.12. The molecule has 0 spiro atoms. The number of furan rings is 1. The van der Waals surface area contributed by atoms with Crippen LogP contribution in [0, 0.1) is 12.7 Å². The molecule has 6 nitrogen and oxygen atoms in total. The fourth-order valence-electron chi connectivity index (χ4n) is 3.94. The highest BCUT2D eigenvalue weighted by molar-refractivity contribution is 6.08. The first-order valence-corrected chi connectivity index (χ1v) is 10.4. The van der Waals surface area contributed by atoms with Crippen molar-refractivity contribution >= 4 is 17.5 Å². The largest absolute Gasteiger partial charge is 0.459 e. The van der Waals surface area contributed by atoms with Crippen molar-refractivity contribution in [1.29, 1.82) is 0 Å². The molecule has 160 valence electrons. The second-order valence-corrected chi connectivity index (χ2v) is 7.76. The second-order valence-electron chi connectivity index (χ2n) is 7.76. The van der Waals surface area contributed by atoms with Gasteiger partial charge in [-0.15, -0.1) is 0 Å². The van der Waals surface area contributed by atoms with Crippen molar-refractivity contribution in [2.24, 2.45) is 0 Å². The van der Waals surface area contributed by atoms with E-state index < -0.39 is 17.8 Å². The summed E-state index contributed by atoms with van der Waals surface area (Å²) in [5.41, 5.74) is 1.24. The van der Waals surface area contributed by atoms with E-state index in [1.54, 1.807) is 49.6 Å². The first kappa shape index (κ1) is 20.8. The van der Waals surface area contributed by atoms with Crippen molar-refractivity contribution in [3.05, 3.63) is 83.8 Å². The summed E-state index contributed by atoms with van der Waals surface area (Å²) in [6, 6.07) is 10.1. The Morgan fingerprint density at radius 3 is 2.65 bits per heavy atom. The van der Waals surface area contributed by atoms with Crippen molar-refractivity contribution in [3.8, 4) is 0 Å². The molecule has 4 rings (SSSR count). The predicted octanol–water partition coefficient (Wildman–Crippen LogP) is 4.57. The zero-order valence-corrected chi connectivity index (χ0v) is 17.3. The van der Waals surface area contributed by atoms with Crippen LogP contribution in [0.4, 0.5) is 10.1 Å². The summed E-state index contributed by atoms with van der Waals surface area (Å²) < 4.78 is 19.8. The number of carbonyl (C=O) groups is 2. The van der Waals surface area contributed by atoms with Crippen molar-refractivity contribution in [2.75, 3.05) is 4.90 Å². The Balaban J connectivity index is 1.81. The smallest absolute Gasteiger partial charge is 0.294 e. The molecule has 1 fully saturated rings. The van der Waals surface area contributed by atoms with Gasteiger partial charge in [0.1, 0.15) is 11.9 Å². The van der Waals surface area contributed by atoms with E-state index in [-0.39, 0.29) is 23.4 Å². The molecule has 7 heteroatoms. The number of benzene rings is 1. The SMILES string of the molecule is Cc1ccc(N(C(=O)c2ccco2)C(C(=O)NC2CCCC2)c2cccnc2)cc1F. The zero-order valence-electron chi connectivity index (χ0n) is 17.3. The number of amides is 2. The minimum absolute atomic E-state index is 0.0574. The van der Waals surface area contributed by atoms with Crippen LogP contribution >= 0.6 is 0 Å². The highest BCUT2D eigenvalue weighted by Crippen LogP contribution is 2.31. The summed E-state index contributed by atoms with van der Waals surface area (Å²) in [7, 11) is 0. The van der Waals surface area contributed by atoms with Crippen LogP contribution in [0.5, 0.6) is 0 Å². The molecule has 0 bridgehead atoms. The van der Waals surface area contributed by atoms with Crippen LogP contribution in [-0.2, 0) is 4.79 Å².